The second-order valence-electron chi connectivity index (χ2n) is 15.3. The van der Waals surface area contributed by atoms with Crippen LogP contribution in [0.5, 0.6) is 0 Å². The molecule has 11 rings (SSSR count). The molecule has 2 spiro atoms. The van der Waals surface area contributed by atoms with Gasteiger partial charge in [-0.3, -0.25) is 0 Å². The molecule has 0 N–H and O–H groups in total. The Hall–Kier alpha value is -6.18. The van der Waals surface area contributed by atoms with Gasteiger partial charge in [-0.25, -0.2) is 0 Å². The number of hydrogen-bond donors (Lipinski definition) is 0. The number of benzene rings is 8. The van der Waals surface area contributed by atoms with Gasteiger partial charge < -0.3 is 4.90 Å². The van der Waals surface area contributed by atoms with Crippen molar-refractivity contribution in [2.45, 2.75) is 36.5 Å². The zero-order valence-corrected chi connectivity index (χ0v) is 29.7. The fourth-order valence-corrected chi connectivity index (χ4v) is 10.5. The maximum Gasteiger partial charge on any atom is 0.0540 e. The van der Waals surface area contributed by atoms with Crippen molar-refractivity contribution in [2.24, 2.45) is 0 Å². The van der Waals surface area contributed by atoms with Crippen LogP contribution in [-0.4, -0.2) is 0 Å². The second-order valence-corrected chi connectivity index (χ2v) is 15.3. The third kappa shape index (κ3) is 4.44. The van der Waals surface area contributed by atoms with Crippen LogP contribution in [0, 0.1) is 0 Å². The van der Waals surface area contributed by atoms with Gasteiger partial charge in [0.05, 0.1) is 5.69 Å². The summed E-state index contributed by atoms with van der Waals surface area (Å²) < 4.78 is 0. The van der Waals surface area contributed by atoms with E-state index >= 15 is 0 Å². The molecule has 252 valence electrons. The molecule has 0 aliphatic heterocycles. The summed E-state index contributed by atoms with van der Waals surface area (Å²) in [6.07, 6.45) is 4.48. The smallest absolute Gasteiger partial charge is 0.0540 e. The summed E-state index contributed by atoms with van der Waals surface area (Å²) in [5, 5.41) is 2.49. The molecule has 0 atom stereocenters. The van der Waals surface area contributed by atoms with Gasteiger partial charge in [0.1, 0.15) is 0 Å². The normalized spacial score (nSPS) is 15.5. The highest BCUT2D eigenvalue weighted by Gasteiger charge is 2.53. The summed E-state index contributed by atoms with van der Waals surface area (Å²) in [4.78, 5) is 2.50. The standard InChI is InChI=1S/C52H39N/c1-2-14-36(15-3-1)38-18-12-19-39(34-38)53(50-27-13-17-37-16-4-5-20-41(37)50)40-28-29-45-44-23-8-11-26-48(44)52(49(45)35-40)32-30-51(31-33-52)46-24-9-6-21-42(46)43-22-7-10-25-47(43)51/h1-29,34-35H,30-33H2. The van der Waals surface area contributed by atoms with E-state index in [0.29, 0.717) is 0 Å². The quantitative estimate of drug-likeness (QED) is 0.179. The summed E-state index contributed by atoms with van der Waals surface area (Å²) in [6.45, 7) is 0. The number of anilines is 3. The van der Waals surface area contributed by atoms with Crippen LogP contribution in [0.25, 0.3) is 44.2 Å². The molecule has 1 fully saturated rings. The Bertz CT molecular complexity index is 2640. The second kappa shape index (κ2) is 11.7. The summed E-state index contributed by atoms with van der Waals surface area (Å²) in [6, 6.07) is 70.3. The molecule has 0 saturated heterocycles. The third-order valence-electron chi connectivity index (χ3n) is 12.9. The minimum Gasteiger partial charge on any atom is -0.310 e. The lowest BCUT2D eigenvalue weighted by atomic mass is 9.57. The Morgan fingerprint density at radius 2 is 0.830 bits per heavy atom. The summed E-state index contributed by atoms with van der Waals surface area (Å²) in [5.74, 6) is 0. The van der Waals surface area contributed by atoms with Crippen LogP contribution in [0.15, 0.2) is 188 Å². The minimum absolute atomic E-state index is 0.0457. The Kier molecular flexibility index (Phi) is 6.70. The predicted molar refractivity (Wildman–Crippen MR) is 221 cm³/mol. The van der Waals surface area contributed by atoms with E-state index in [-0.39, 0.29) is 10.8 Å². The highest BCUT2D eigenvalue weighted by molar-refractivity contribution is 5.99. The van der Waals surface area contributed by atoms with Crippen LogP contribution in [0.4, 0.5) is 17.1 Å². The van der Waals surface area contributed by atoms with E-state index in [4.69, 9.17) is 0 Å². The molecule has 0 unspecified atom stereocenters. The Morgan fingerprint density at radius 3 is 1.51 bits per heavy atom. The van der Waals surface area contributed by atoms with Crippen molar-refractivity contribution in [3.63, 3.8) is 0 Å². The van der Waals surface area contributed by atoms with Crippen molar-refractivity contribution < 1.29 is 0 Å². The fourth-order valence-electron chi connectivity index (χ4n) is 10.5. The predicted octanol–water partition coefficient (Wildman–Crippen LogP) is 13.8. The van der Waals surface area contributed by atoms with Gasteiger partial charge in [0, 0.05) is 27.6 Å². The van der Waals surface area contributed by atoms with Crippen LogP contribution >= 0.6 is 0 Å². The van der Waals surface area contributed by atoms with Crippen LogP contribution in [-0.2, 0) is 10.8 Å². The van der Waals surface area contributed by atoms with Crippen molar-refractivity contribution in [1.29, 1.82) is 0 Å². The molecule has 1 heteroatoms. The lowest BCUT2D eigenvalue weighted by Gasteiger charge is -2.45. The first-order valence-corrected chi connectivity index (χ1v) is 19.1. The van der Waals surface area contributed by atoms with E-state index in [1.165, 1.54) is 77.8 Å². The van der Waals surface area contributed by atoms with Crippen LogP contribution < -0.4 is 4.90 Å². The average molecular weight is 678 g/mol. The van der Waals surface area contributed by atoms with Crippen molar-refractivity contribution in [1.82, 2.24) is 0 Å². The molecule has 8 aromatic rings. The topological polar surface area (TPSA) is 3.24 Å². The van der Waals surface area contributed by atoms with E-state index in [2.05, 4.69) is 193 Å². The summed E-state index contributed by atoms with van der Waals surface area (Å²) in [5.41, 5.74) is 17.7. The largest absolute Gasteiger partial charge is 0.310 e. The Labute approximate surface area is 311 Å². The lowest BCUT2D eigenvalue weighted by molar-refractivity contribution is 0.265. The molecular weight excluding hydrogens is 639 g/mol. The molecule has 8 aromatic carbocycles. The monoisotopic (exact) mass is 677 g/mol. The van der Waals surface area contributed by atoms with Crippen molar-refractivity contribution in [3.8, 4) is 33.4 Å². The van der Waals surface area contributed by atoms with Gasteiger partial charge in [0.15, 0.2) is 0 Å². The molecule has 0 radical (unpaired) electrons. The highest BCUT2D eigenvalue weighted by atomic mass is 15.1. The molecule has 3 aliphatic rings. The van der Waals surface area contributed by atoms with E-state index in [1.54, 1.807) is 0 Å². The van der Waals surface area contributed by atoms with Gasteiger partial charge in [0.2, 0.25) is 0 Å². The van der Waals surface area contributed by atoms with Crippen molar-refractivity contribution in [2.75, 3.05) is 4.90 Å². The third-order valence-corrected chi connectivity index (χ3v) is 12.9. The molecule has 0 bridgehead atoms. The molecule has 1 nitrogen and oxygen atoms in total. The van der Waals surface area contributed by atoms with Crippen molar-refractivity contribution in [3.05, 3.63) is 210 Å². The molecule has 53 heavy (non-hydrogen) atoms. The van der Waals surface area contributed by atoms with Gasteiger partial charge in [-0.1, -0.05) is 158 Å². The minimum atomic E-state index is -0.0457. The number of hydrogen-bond acceptors (Lipinski definition) is 1. The van der Waals surface area contributed by atoms with E-state index < -0.39 is 0 Å². The maximum atomic E-state index is 2.56. The van der Waals surface area contributed by atoms with E-state index in [0.717, 1.165) is 31.4 Å². The zero-order valence-electron chi connectivity index (χ0n) is 29.7. The number of rotatable bonds is 4. The number of nitrogens with zero attached hydrogens (tertiary/aromatic N) is 1. The van der Waals surface area contributed by atoms with Gasteiger partial charge in [0.25, 0.3) is 0 Å². The first-order chi connectivity index (χ1) is 26.2. The van der Waals surface area contributed by atoms with E-state index in [9.17, 15) is 0 Å². The molecule has 3 aliphatic carbocycles. The van der Waals surface area contributed by atoms with Crippen molar-refractivity contribution >= 4 is 27.8 Å². The number of fused-ring (bicyclic) bond motifs is 11. The molecule has 0 aromatic heterocycles. The highest BCUT2D eigenvalue weighted by Crippen LogP contribution is 2.64. The summed E-state index contributed by atoms with van der Waals surface area (Å²) in [7, 11) is 0. The SMILES string of the molecule is c1ccc(-c2cccc(N(c3ccc4c(c3)C3(CCC5(CC3)c3ccccc3-c3ccccc35)c3ccccc3-4)c3cccc4ccccc34)c2)cc1. The fraction of sp³-hybridized carbons (Fsp3) is 0.115. The van der Waals surface area contributed by atoms with Gasteiger partial charge in [-0.05, 0) is 117 Å². The molecular formula is C52H39N. The van der Waals surface area contributed by atoms with Crippen LogP contribution in [0.2, 0.25) is 0 Å². The Balaban J connectivity index is 1.08. The average Bonchev–Trinajstić information content (AvgIpc) is 3.66. The van der Waals surface area contributed by atoms with Crippen LogP contribution in [0.3, 0.4) is 0 Å². The lowest BCUT2D eigenvalue weighted by Crippen LogP contribution is -2.39. The molecule has 0 amide bonds. The van der Waals surface area contributed by atoms with Gasteiger partial charge in [-0.15, -0.1) is 0 Å². The van der Waals surface area contributed by atoms with Crippen LogP contribution in [0.1, 0.15) is 47.9 Å². The zero-order chi connectivity index (χ0) is 35.0. The summed E-state index contributed by atoms with van der Waals surface area (Å²) >= 11 is 0. The Morgan fingerprint density at radius 1 is 0.340 bits per heavy atom. The first kappa shape index (κ1) is 30.4. The maximum absolute atomic E-state index is 2.56. The molecule has 1 saturated carbocycles. The van der Waals surface area contributed by atoms with Gasteiger partial charge in [-0.2, -0.15) is 0 Å². The van der Waals surface area contributed by atoms with E-state index in [1.807, 2.05) is 0 Å². The first-order valence-electron chi connectivity index (χ1n) is 19.1. The van der Waals surface area contributed by atoms with Gasteiger partial charge >= 0.3 is 0 Å². The molecule has 0 heterocycles.